The molecule has 0 bridgehead atoms. The predicted molar refractivity (Wildman–Crippen MR) is 79.4 cm³/mol. The van der Waals surface area contributed by atoms with Gasteiger partial charge in [0.2, 0.25) is 0 Å². The highest BCUT2D eigenvalue weighted by atomic mass is 16.3. The summed E-state index contributed by atoms with van der Waals surface area (Å²) in [6.07, 6.45) is 6.28. The Kier molecular flexibility index (Phi) is 6.57. The van der Waals surface area contributed by atoms with Gasteiger partial charge in [-0.1, -0.05) is 6.92 Å². The molecule has 2 heterocycles. The Hall–Kier alpha value is -0.160. The van der Waals surface area contributed by atoms with Crippen LogP contribution < -0.4 is 5.32 Å². The lowest BCUT2D eigenvalue weighted by Gasteiger charge is -2.27. The van der Waals surface area contributed by atoms with Gasteiger partial charge in [0, 0.05) is 18.6 Å². The minimum atomic E-state index is 0.267. The molecule has 0 aliphatic carbocycles. The van der Waals surface area contributed by atoms with E-state index < -0.39 is 0 Å². The maximum absolute atomic E-state index is 9.40. The first-order valence-electron chi connectivity index (χ1n) is 8.14. The van der Waals surface area contributed by atoms with E-state index in [1.807, 2.05) is 0 Å². The fraction of sp³-hybridized carbons (Fsp3) is 1.00. The van der Waals surface area contributed by atoms with Crippen molar-refractivity contribution in [3.05, 3.63) is 0 Å². The van der Waals surface area contributed by atoms with E-state index >= 15 is 0 Å². The summed E-state index contributed by atoms with van der Waals surface area (Å²) in [5.41, 5.74) is 0. The molecule has 2 atom stereocenters. The molecule has 0 saturated carbocycles. The topological polar surface area (TPSA) is 38.7 Å². The number of nitrogens with one attached hydrogen (secondary N) is 1. The van der Waals surface area contributed by atoms with Crippen LogP contribution in [0.25, 0.3) is 0 Å². The highest BCUT2D eigenvalue weighted by molar-refractivity contribution is 4.85. The lowest BCUT2D eigenvalue weighted by molar-refractivity contribution is 0.191. The highest BCUT2D eigenvalue weighted by Gasteiger charge is 2.28. The standard InChI is InChI=1S/C15H31N3O/c1-2-7-16-14(13-19)6-11-17-8-4-10-18-9-3-5-15(18)12-17/h14-16,19H,2-13H2,1H3. The SMILES string of the molecule is CCCNC(CO)CCN1CCCN2CCCC2C1. The van der Waals surface area contributed by atoms with E-state index in [1.165, 1.54) is 45.4 Å². The molecule has 4 nitrogen and oxygen atoms in total. The first kappa shape index (κ1) is 15.2. The van der Waals surface area contributed by atoms with Gasteiger partial charge in [0.1, 0.15) is 0 Å². The van der Waals surface area contributed by atoms with Crippen LogP contribution >= 0.6 is 0 Å². The molecule has 112 valence electrons. The van der Waals surface area contributed by atoms with Gasteiger partial charge in [0.05, 0.1) is 6.61 Å². The zero-order chi connectivity index (χ0) is 13.5. The zero-order valence-electron chi connectivity index (χ0n) is 12.5. The van der Waals surface area contributed by atoms with E-state index in [9.17, 15) is 5.11 Å². The summed E-state index contributed by atoms with van der Waals surface area (Å²) in [7, 11) is 0. The second-order valence-electron chi connectivity index (χ2n) is 6.11. The largest absolute Gasteiger partial charge is 0.395 e. The number of hydrogen-bond donors (Lipinski definition) is 2. The van der Waals surface area contributed by atoms with Crippen molar-refractivity contribution in [1.82, 2.24) is 15.1 Å². The maximum Gasteiger partial charge on any atom is 0.0585 e. The second kappa shape index (κ2) is 8.20. The van der Waals surface area contributed by atoms with Gasteiger partial charge in [0.25, 0.3) is 0 Å². The van der Waals surface area contributed by atoms with E-state index in [0.717, 1.165) is 32.0 Å². The molecular formula is C15H31N3O. The fourth-order valence-corrected chi connectivity index (χ4v) is 3.43. The summed E-state index contributed by atoms with van der Waals surface area (Å²) in [5.74, 6) is 0. The second-order valence-corrected chi connectivity index (χ2v) is 6.11. The minimum Gasteiger partial charge on any atom is -0.395 e. The molecule has 2 saturated heterocycles. The van der Waals surface area contributed by atoms with Crippen LogP contribution in [0.1, 0.15) is 39.0 Å². The van der Waals surface area contributed by atoms with Crippen LogP contribution in [-0.2, 0) is 0 Å². The molecule has 0 spiro atoms. The third-order valence-electron chi connectivity index (χ3n) is 4.58. The monoisotopic (exact) mass is 269 g/mol. The van der Waals surface area contributed by atoms with Gasteiger partial charge < -0.3 is 15.3 Å². The molecule has 2 N–H and O–H groups in total. The zero-order valence-corrected chi connectivity index (χ0v) is 12.5. The third-order valence-corrected chi connectivity index (χ3v) is 4.58. The molecule has 0 amide bonds. The number of aliphatic hydroxyl groups is 1. The van der Waals surface area contributed by atoms with Gasteiger partial charge in [-0.15, -0.1) is 0 Å². The Morgan fingerprint density at radius 2 is 2.11 bits per heavy atom. The average Bonchev–Trinajstić information content (AvgIpc) is 2.77. The van der Waals surface area contributed by atoms with Gasteiger partial charge in [-0.25, -0.2) is 0 Å². The number of nitrogens with zero attached hydrogens (tertiary/aromatic N) is 2. The molecule has 2 aliphatic rings. The molecule has 0 aromatic carbocycles. The van der Waals surface area contributed by atoms with E-state index in [-0.39, 0.29) is 12.6 Å². The van der Waals surface area contributed by atoms with Crippen LogP contribution in [0, 0.1) is 0 Å². The Labute approximate surface area is 118 Å². The molecule has 0 radical (unpaired) electrons. The molecular weight excluding hydrogens is 238 g/mol. The summed E-state index contributed by atoms with van der Waals surface area (Å²) in [6.45, 7) is 9.67. The van der Waals surface area contributed by atoms with Crippen molar-refractivity contribution in [1.29, 1.82) is 0 Å². The fourth-order valence-electron chi connectivity index (χ4n) is 3.43. The highest BCUT2D eigenvalue weighted by Crippen LogP contribution is 2.21. The summed E-state index contributed by atoms with van der Waals surface area (Å²) in [5, 5.41) is 12.8. The normalized spacial score (nSPS) is 27.2. The summed E-state index contributed by atoms with van der Waals surface area (Å²) in [4.78, 5) is 5.30. The Morgan fingerprint density at radius 1 is 1.26 bits per heavy atom. The van der Waals surface area contributed by atoms with Crippen molar-refractivity contribution in [3.8, 4) is 0 Å². The van der Waals surface area contributed by atoms with E-state index in [2.05, 4.69) is 22.0 Å². The average molecular weight is 269 g/mol. The molecule has 0 aromatic rings. The van der Waals surface area contributed by atoms with Crippen LogP contribution in [0.4, 0.5) is 0 Å². The number of aliphatic hydroxyl groups excluding tert-OH is 1. The third kappa shape index (κ3) is 4.71. The molecule has 4 heteroatoms. The summed E-state index contributed by atoms with van der Waals surface area (Å²) >= 11 is 0. The van der Waals surface area contributed by atoms with Crippen molar-refractivity contribution in [3.63, 3.8) is 0 Å². The van der Waals surface area contributed by atoms with E-state index in [4.69, 9.17) is 0 Å². The van der Waals surface area contributed by atoms with Crippen molar-refractivity contribution >= 4 is 0 Å². The molecule has 2 rings (SSSR count). The van der Waals surface area contributed by atoms with Crippen molar-refractivity contribution in [2.24, 2.45) is 0 Å². The molecule has 2 fully saturated rings. The van der Waals surface area contributed by atoms with Gasteiger partial charge in [-0.3, -0.25) is 4.90 Å². The van der Waals surface area contributed by atoms with Crippen LogP contribution in [0.3, 0.4) is 0 Å². The number of hydrogen-bond acceptors (Lipinski definition) is 4. The predicted octanol–water partition coefficient (Wildman–Crippen LogP) is 0.907. The summed E-state index contributed by atoms with van der Waals surface area (Å²) < 4.78 is 0. The van der Waals surface area contributed by atoms with Gasteiger partial charge in [0.15, 0.2) is 0 Å². The quantitative estimate of drug-likeness (QED) is 0.720. The Bertz CT molecular complexity index is 250. The van der Waals surface area contributed by atoms with Crippen molar-refractivity contribution in [2.45, 2.75) is 51.1 Å². The van der Waals surface area contributed by atoms with E-state index in [0.29, 0.717) is 0 Å². The Morgan fingerprint density at radius 3 is 2.89 bits per heavy atom. The summed E-state index contributed by atoms with van der Waals surface area (Å²) in [6, 6.07) is 1.08. The first-order chi connectivity index (χ1) is 9.33. The number of fused-ring (bicyclic) bond motifs is 1. The molecule has 2 unspecified atom stereocenters. The molecule has 2 aliphatic heterocycles. The first-order valence-corrected chi connectivity index (χ1v) is 8.14. The maximum atomic E-state index is 9.40. The van der Waals surface area contributed by atoms with Crippen molar-refractivity contribution < 1.29 is 5.11 Å². The Balaban J connectivity index is 1.72. The van der Waals surface area contributed by atoms with Gasteiger partial charge in [-0.05, 0) is 64.8 Å². The van der Waals surface area contributed by atoms with Crippen LogP contribution in [0.5, 0.6) is 0 Å². The van der Waals surface area contributed by atoms with Crippen LogP contribution in [0.2, 0.25) is 0 Å². The molecule has 0 aromatic heterocycles. The van der Waals surface area contributed by atoms with Crippen LogP contribution in [-0.4, -0.2) is 72.9 Å². The smallest absolute Gasteiger partial charge is 0.0585 e. The van der Waals surface area contributed by atoms with Gasteiger partial charge >= 0.3 is 0 Å². The molecule has 19 heavy (non-hydrogen) atoms. The van der Waals surface area contributed by atoms with Crippen molar-refractivity contribution in [2.75, 3.05) is 45.9 Å². The minimum absolute atomic E-state index is 0.267. The number of rotatable bonds is 7. The van der Waals surface area contributed by atoms with Crippen LogP contribution in [0.15, 0.2) is 0 Å². The van der Waals surface area contributed by atoms with E-state index in [1.54, 1.807) is 0 Å². The lowest BCUT2D eigenvalue weighted by Crippen LogP contribution is -2.40. The van der Waals surface area contributed by atoms with Gasteiger partial charge in [-0.2, -0.15) is 0 Å². The lowest BCUT2D eigenvalue weighted by atomic mass is 10.1.